The van der Waals surface area contributed by atoms with Gasteiger partial charge in [-0.3, -0.25) is 0 Å². The van der Waals surface area contributed by atoms with E-state index >= 15 is 0 Å². The lowest BCUT2D eigenvalue weighted by Crippen LogP contribution is -2.42. The first-order valence-corrected chi connectivity index (χ1v) is 12.5. The zero-order valence-electron chi connectivity index (χ0n) is 19.9. The van der Waals surface area contributed by atoms with E-state index in [9.17, 15) is 9.90 Å². The molecule has 5 N–H and O–H groups in total. The molecule has 1 aromatic carbocycles. The number of fused-ring (bicyclic) bond motifs is 1. The maximum atomic E-state index is 12.6. The number of benzene rings is 1. The van der Waals surface area contributed by atoms with Crippen LogP contribution >= 0.6 is 11.3 Å². The number of ether oxygens (including phenoxy) is 2. The van der Waals surface area contributed by atoms with Crippen molar-refractivity contribution < 1.29 is 19.4 Å². The number of aliphatic hydroxyl groups is 1. The number of aromatic nitrogens is 1. The van der Waals surface area contributed by atoms with E-state index in [0.29, 0.717) is 23.0 Å². The predicted molar refractivity (Wildman–Crippen MR) is 135 cm³/mol. The first kappa shape index (κ1) is 23.6. The lowest BCUT2D eigenvalue weighted by Gasteiger charge is -2.30. The van der Waals surface area contributed by atoms with Crippen LogP contribution in [-0.4, -0.2) is 40.9 Å². The minimum Gasteiger partial charge on any atom is -0.481 e. The summed E-state index contributed by atoms with van der Waals surface area (Å²) in [6.07, 6.45) is 7.40. The molecule has 0 radical (unpaired) electrons. The van der Waals surface area contributed by atoms with Crippen molar-refractivity contribution in [2.45, 2.75) is 37.8 Å². The van der Waals surface area contributed by atoms with Crippen LogP contribution in [0, 0.1) is 11.8 Å². The molecule has 2 saturated carbocycles. The van der Waals surface area contributed by atoms with Gasteiger partial charge in [-0.05, 0) is 55.2 Å². The van der Waals surface area contributed by atoms with Crippen LogP contribution in [0.2, 0.25) is 0 Å². The van der Waals surface area contributed by atoms with Gasteiger partial charge in [-0.15, -0.1) is 11.3 Å². The second kappa shape index (κ2) is 9.14. The van der Waals surface area contributed by atoms with E-state index < -0.39 is 11.6 Å². The first-order valence-electron chi connectivity index (χ1n) is 11.7. The van der Waals surface area contributed by atoms with E-state index in [2.05, 4.69) is 4.98 Å². The van der Waals surface area contributed by atoms with Gasteiger partial charge in [-0.1, -0.05) is 12.1 Å². The number of methoxy groups -OCH3 is 2. The van der Waals surface area contributed by atoms with Crippen LogP contribution in [0.4, 0.5) is 0 Å². The third-order valence-corrected chi connectivity index (χ3v) is 8.02. The van der Waals surface area contributed by atoms with Crippen molar-refractivity contribution in [2.24, 2.45) is 23.4 Å². The Labute approximate surface area is 208 Å². The molecule has 2 fully saturated rings. The van der Waals surface area contributed by atoms with Gasteiger partial charge in [0.1, 0.15) is 10.5 Å². The monoisotopic (exact) mass is 494 g/mol. The number of hydrogen-bond donors (Lipinski definition) is 3. The number of hydrazine groups is 1. The van der Waals surface area contributed by atoms with Crippen molar-refractivity contribution in [1.29, 1.82) is 0 Å². The Morgan fingerprint density at radius 3 is 2.51 bits per heavy atom. The fraction of sp³-hybridized carbons (Fsp3) is 0.385. The molecule has 0 atom stereocenters. The summed E-state index contributed by atoms with van der Waals surface area (Å²) in [5.74, 6) is 6.87. The van der Waals surface area contributed by atoms with Crippen molar-refractivity contribution in [3.05, 3.63) is 58.9 Å². The second-order valence-electron chi connectivity index (χ2n) is 9.35. The Hall–Kier alpha value is -3.14. The Bertz CT molecular complexity index is 1270. The van der Waals surface area contributed by atoms with E-state index in [-0.39, 0.29) is 11.8 Å². The third kappa shape index (κ3) is 4.47. The number of thiophene rings is 1. The van der Waals surface area contributed by atoms with Gasteiger partial charge in [0.05, 0.1) is 26.5 Å². The molecule has 0 amide bonds. The minimum absolute atomic E-state index is 0.240. The van der Waals surface area contributed by atoms with Crippen molar-refractivity contribution >= 4 is 27.4 Å². The molecule has 5 rings (SSSR count). The van der Waals surface area contributed by atoms with E-state index in [0.717, 1.165) is 52.5 Å². The number of nitrogens with two attached hydrogens (primary N) is 2. The summed E-state index contributed by atoms with van der Waals surface area (Å²) in [4.78, 5) is 17.4. The van der Waals surface area contributed by atoms with E-state index in [4.69, 9.17) is 21.1 Å². The number of pyridine rings is 1. The number of nitrogens with zero attached hydrogens (tertiary/aromatic N) is 2. The molecule has 9 heteroatoms. The van der Waals surface area contributed by atoms with Crippen LogP contribution in [0.5, 0.6) is 5.88 Å². The minimum atomic E-state index is -0.938. The summed E-state index contributed by atoms with van der Waals surface area (Å²) >= 11 is 1.37. The van der Waals surface area contributed by atoms with Gasteiger partial charge in [-0.2, -0.15) is 0 Å². The molecule has 2 aromatic heterocycles. The van der Waals surface area contributed by atoms with Gasteiger partial charge >= 0.3 is 5.97 Å². The lowest BCUT2D eigenvalue weighted by molar-refractivity contribution is 0.0288. The van der Waals surface area contributed by atoms with Crippen molar-refractivity contribution in [1.82, 2.24) is 9.99 Å². The maximum Gasteiger partial charge on any atom is 0.348 e. The van der Waals surface area contributed by atoms with E-state index in [1.54, 1.807) is 25.6 Å². The molecular weight excluding hydrogens is 464 g/mol. The molecule has 0 spiro atoms. The number of hydrogen-bond acceptors (Lipinski definition) is 9. The van der Waals surface area contributed by atoms with Crippen LogP contribution in [-0.2, 0) is 11.3 Å². The molecular formula is C26H30N4O4S. The summed E-state index contributed by atoms with van der Waals surface area (Å²) in [5.41, 5.74) is 8.42. The zero-order chi connectivity index (χ0) is 24.7. The molecule has 0 aliphatic heterocycles. The third-order valence-electron chi connectivity index (χ3n) is 6.89. The van der Waals surface area contributed by atoms with Gasteiger partial charge in [0, 0.05) is 39.7 Å². The lowest BCUT2D eigenvalue weighted by atomic mass is 9.88. The fourth-order valence-corrected chi connectivity index (χ4v) is 6.01. The average Bonchev–Trinajstić information content (AvgIpc) is 3.78. The fourth-order valence-electron chi connectivity index (χ4n) is 4.80. The largest absolute Gasteiger partial charge is 0.481 e. The molecule has 0 saturated heterocycles. The van der Waals surface area contributed by atoms with Crippen LogP contribution in [0.25, 0.3) is 21.2 Å². The molecule has 8 nitrogen and oxygen atoms in total. The second-order valence-corrected chi connectivity index (χ2v) is 10.4. The average molecular weight is 495 g/mol. The van der Waals surface area contributed by atoms with Crippen LogP contribution < -0.4 is 16.3 Å². The molecule has 0 bridgehead atoms. The molecule has 35 heavy (non-hydrogen) atoms. The summed E-state index contributed by atoms with van der Waals surface area (Å²) in [6, 6.07) is 9.63. The first-order chi connectivity index (χ1) is 16.8. The topological polar surface area (TPSA) is 124 Å². The summed E-state index contributed by atoms with van der Waals surface area (Å²) in [7, 11) is 2.94. The number of carbonyl (C=O) groups is 1. The number of rotatable bonds is 9. The van der Waals surface area contributed by atoms with E-state index in [1.807, 2.05) is 24.3 Å². The summed E-state index contributed by atoms with van der Waals surface area (Å²) < 4.78 is 11.1. The summed E-state index contributed by atoms with van der Waals surface area (Å²) in [6.45, 7) is 0.410. The van der Waals surface area contributed by atoms with Gasteiger partial charge in [0.15, 0.2) is 0 Å². The summed E-state index contributed by atoms with van der Waals surface area (Å²) in [5, 5.41) is 13.7. The van der Waals surface area contributed by atoms with Crippen molar-refractivity contribution in [3.8, 4) is 17.0 Å². The molecule has 0 unspecified atom stereocenters. The highest BCUT2D eigenvalue weighted by Crippen LogP contribution is 2.54. The maximum absolute atomic E-state index is 12.6. The Morgan fingerprint density at radius 1 is 1.23 bits per heavy atom. The van der Waals surface area contributed by atoms with E-state index in [1.165, 1.54) is 23.5 Å². The molecule has 184 valence electrons. The zero-order valence-corrected chi connectivity index (χ0v) is 20.7. The molecule has 2 aliphatic carbocycles. The van der Waals surface area contributed by atoms with Crippen LogP contribution in [0.3, 0.4) is 0 Å². The normalized spacial score (nSPS) is 16.4. The highest BCUT2D eigenvalue weighted by molar-refractivity contribution is 7.21. The highest BCUT2D eigenvalue weighted by atomic mass is 32.1. The quantitative estimate of drug-likeness (QED) is 0.233. The van der Waals surface area contributed by atoms with Crippen molar-refractivity contribution in [2.75, 3.05) is 14.2 Å². The molecule has 3 aromatic rings. The Kier molecular flexibility index (Phi) is 6.16. The van der Waals surface area contributed by atoms with Crippen LogP contribution in [0.15, 0.2) is 48.4 Å². The molecule has 2 aliphatic rings. The van der Waals surface area contributed by atoms with Crippen molar-refractivity contribution in [3.63, 3.8) is 0 Å². The highest BCUT2D eigenvalue weighted by Gasteiger charge is 2.55. The SMILES string of the molecule is COC(=O)c1sc2cc(CN(N)/C=C(\N)C(O)(C3CC3)C3CC3)ccc2c1-c1ccc(OC)nc1. The van der Waals surface area contributed by atoms with Gasteiger partial charge < -0.3 is 25.3 Å². The van der Waals surface area contributed by atoms with Gasteiger partial charge in [0.2, 0.25) is 5.88 Å². The Morgan fingerprint density at radius 2 is 1.94 bits per heavy atom. The van der Waals surface area contributed by atoms with Gasteiger partial charge in [0.25, 0.3) is 0 Å². The van der Waals surface area contributed by atoms with Crippen LogP contribution in [0.1, 0.15) is 40.9 Å². The number of carbonyl (C=O) groups excluding carboxylic acids is 1. The Balaban J connectivity index is 1.43. The van der Waals surface area contributed by atoms with Gasteiger partial charge in [-0.25, -0.2) is 15.6 Å². The molecule has 2 heterocycles. The smallest absolute Gasteiger partial charge is 0.348 e. The predicted octanol–water partition coefficient (Wildman–Crippen LogP) is 3.79. The standard InChI is InChI=1S/C26H30N4O4S/c1-33-22-10-4-16(12-29-22)23-19-9-3-15(11-20(19)35-24(23)25(31)34-2)13-30(28)14-21(27)26(32,17-5-6-17)18-7-8-18/h3-4,9-12,14,17-18,32H,5-8,13,27-28H2,1-2H3/b21-14-. The number of esters is 1.